The second-order valence-electron chi connectivity index (χ2n) is 15.4. The van der Waals surface area contributed by atoms with Gasteiger partial charge in [0.1, 0.15) is 23.1 Å². The second kappa shape index (κ2) is 19.6. The summed E-state index contributed by atoms with van der Waals surface area (Å²) < 4.78 is 16.7. The summed E-state index contributed by atoms with van der Waals surface area (Å²) in [5, 5.41) is 15.0. The van der Waals surface area contributed by atoms with E-state index in [2.05, 4.69) is 16.0 Å². The Morgan fingerprint density at radius 1 is 0.695 bits per heavy atom. The molecular formula is C45H53Cl2N7O5. The van der Waals surface area contributed by atoms with Gasteiger partial charge < -0.3 is 40.8 Å². The molecule has 14 heteroatoms. The lowest BCUT2D eigenvalue weighted by atomic mass is 10.1. The number of pyridine rings is 2. The van der Waals surface area contributed by atoms with Crippen LogP contribution in [0, 0.1) is 0 Å². The number of alkyl carbamates (subject to hydrolysis) is 1. The number of nitrogens with one attached hydrogen (secondary N) is 3. The molecule has 12 nitrogen and oxygen atoms in total. The lowest BCUT2D eigenvalue weighted by Crippen LogP contribution is -2.50. The number of rotatable bonds is 18. The molecule has 5 N–H and O–H groups in total. The van der Waals surface area contributed by atoms with Crippen molar-refractivity contribution in [1.82, 2.24) is 20.2 Å². The maximum atomic E-state index is 14.5. The maximum Gasteiger partial charge on any atom is 0.408 e. The molecule has 6 rings (SSSR count). The largest absolute Gasteiger partial charge is 0.497 e. The number of anilines is 2. The molecule has 1 atom stereocenters. The molecule has 2 heterocycles. The first-order valence-corrected chi connectivity index (χ1v) is 20.7. The van der Waals surface area contributed by atoms with Crippen LogP contribution in [-0.4, -0.2) is 85.5 Å². The van der Waals surface area contributed by atoms with Crippen LogP contribution < -0.4 is 31.2 Å². The normalized spacial score (nSPS) is 12.1. The lowest BCUT2D eigenvalue weighted by molar-refractivity contribution is -0.133. The Labute approximate surface area is 355 Å². The SMILES string of the molecule is COc1ccc2nc3cc(Cl)ccc3c(NCCCN(CCCNc3c4ccc(Cl)cc4nc4ccc(OC)cc34)C(=O)C(CCCCN)NC(=O)OC(C)(C)C)c2c1. The standard InChI is InChI=1S/C45H53Cl2N7O5/c1-45(2,3)59-44(56)53-38(10-6-7-19-48)43(55)54(22-8-20-49-41-32-15-11-28(46)24-39(32)51-36-17-13-30(57-4)26-34(36)41)23-9-21-50-42-33-16-12-29(47)25-40(33)52-37-18-14-31(58-5)27-35(37)42/h11-18,24-27,38H,6-10,19-23,48H2,1-5H3,(H,49,51)(H,50,52)(H,53,56). The third kappa shape index (κ3) is 11.1. The predicted molar refractivity (Wildman–Crippen MR) is 240 cm³/mol. The zero-order chi connectivity index (χ0) is 42.1. The molecule has 4 aromatic carbocycles. The van der Waals surface area contributed by atoms with Crippen LogP contribution in [0.15, 0.2) is 72.8 Å². The molecule has 59 heavy (non-hydrogen) atoms. The van der Waals surface area contributed by atoms with Gasteiger partial charge in [-0.3, -0.25) is 4.79 Å². The Kier molecular flexibility index (Phi) is 14.4. The minimum absolute atomic E-state index is 0.175. The predicted octanol–water partition coefficient (Wildman–Crippen LogP) is 9.57. The number of nitrogens with zero attached hydrogens (tertiary/aromatic N) is 3. The molecule has 0 spiro atoms. The van der Waals surface area contributed by atoms with E-state index in [-0.39, 0.29) is 5.91 Å². The first kappa shape index (κ1) is 43.3. The van der Waals surface area contributed by atoms with Gasteiger partial charge in [0.05, 0.1) is 47.7 Å². The summed E-state index contributed by atoms with van der Waals surface area (Å²) in [5.41, 5.74) is 10.1. The number of unbranched alkanes of at least 4 members (excludes halogenated alkanes) is 1. The zero-order valence-electron chi connectivity index (χ0n) is 34.3. The lowest BCUT2D eigenvalue weighted by Gasteiger charge is -2.29. The molecule has 0 aliphatic rings. The van der Waals surface area contributed by atoms with Gasteiger partial charge in [-0.15, -0.1) is 0 Å². The highest BCUT2D eigenvalue weighted by Crippen LogP contribution is 2.36. The van der Waals surface area contributed by atoms with E-state index in [0.717, 1.165) is 72.9 Å². The average molecular weight is 843 g/mol. The van der Waals surface area contributed by atoms with Crippen molar-refractivity contribution in [2.75, 3.05) is 57.6 Å². The second-order valence-corrected chi connectivity index (χ2v) is 16.3. The third-order valence-electron chi connectivity index (χ3n) is 9.95. The molecular weight excluding hydrogens is 789 g/mol. The van der Waals surface area contributed by atoms with Gasteiger partial charge in [-0.1, -0.05) is 23.2 Å². The fourth-order valence-corrected chi connectivity index (χ4v) is 7.48. The average Bonchev–Trinajstić information content (AvgIpc) is 3.20. The monoisotopic (exact) mass is 841 g/mol. The summed E-state index contributed by atoms with van der Waals surface area (Å²) in [6.45, 7) is 7.84. The number of hydrogen-bond donors (Lipinski definition) is 4. The number of ether oxygens (including phenoxy) is 3. The van der Waals surface area contributed by atoms with Crippen LogP contribution in [0.2, 0.25) is 10.0 Å². The Bertz CT molecular complexity index is 2300. The summed E-state index contributed by atoms with van der Waals surface area (Å²) in [5.74, 6) is 1.26. The molecule has 6 aromatic rings. The Morgan fingerprint density at radius 2 is 1.20 bits per heavy atom. The van der Waals surface area contributed by atoms with E-state index in [0.29, 0.717) is 68.5 Å². The molecule has 0 aliphatic heterocycles. The topological polar surface area (TPSA) is 153 Å². The van der Waals surface area contributed by atoms with Gasteiger partial charge in [-0.2, -0.15) is 0 Å². The smallest absolute Gasteiger partial charge is 0.408 e. The summed E-state index contributed by atoms with van der Waals surface area (Å²) in [6.07, 6.45) is 2.42. The summed E-state index contributed by atoms with van der Waals surface area (Å²) in [6, 6.07) is 22.1. The number of fused-ring (bicyclic) bond motifs is 4. The number of hydrogen-bond acceptors (Lipinski definition) is 10. The van der Waals surface area contributed by atoms with Gasteiger partial charge in [-0.25, -0.2) is 14.8 Å². The van der Waals surface area contributed by atoms with Crippen molar-refractivity contribution < 1.29 is 23.8 Å². The minimum Gasteiger partial charge on any atom is -0.497 e. The Balaban J connectivity index is 1.23. The Hall–Kier alpha value is -5.30. The van der Waals surface area contributed by atoms with E-state index in [4.69, 9.17) is 53.1 Å². The number of benzene rings is 4. The van der Waals surface area contributed by atoms with Crippen LogP contribution in [0.3, 0.4) is 0 Å². The first-order chi connectivity index (χ1) is 28.4. The third-order valence-corrected chi connectivity index (χ3v) is 10.4. The number of nitrogens with two attached hydrogens (primary N) is 1. The van der Waals surface area contributed by atoms with Gasteiger partial charge in [0.15, 0.2) is 0 Å². The van der Waals surface area contributed by atoms with Gasteiger partial charge in [-0.05, 0) is 132 Å². The van der Waals surface area contributed by atoms with Gasteiger partial charge in [0.25, 0.3) is 0 Å². The highest BCUT2D eigenvalue weighted by molar-refractivity contribution is 6.32. The Morgan fingerprint density at radius 3 is 1.66 bits per heavy atom. The van der Waals surface area contributed by atoms with Crippen molar-refractivity contribution in [3.63, 3.8) is 0 Å². The highest BCUT2D eigenvalue weighted by atomic mass is 35.5. The molecule has 2 aromatic heterocycles. The van der Waals surface area contributed by atoms with E-state index in [1.807, 2.05) is 77.7 Å². The van der Waals surface area contributed by atoms with Crippen molar-refractivity contribution in [3.05, 3.63) is 82.8 Å². The van der Waals surface area contributed by atoms with E-state index in [9.17, 15) is 9.59 Å². The number of carbonyl (C=O) groups is 2. The molecule has 0 aliphatic carbocycles. The minimum atomic E-state index is -0.784. The maximum absolute atomic E-state index is 14.5. The van der Waals surface area contributed by atoms with Gasteiger partial charge >= 0.3 is 6.09 Å². The van der Waals surface area contributed by atoms with Crippen molar-refractivity contribution in [2.24, 2.45) is 5.73 Å². The molecule has 0 bridgehead atoms. The molecule has 0 fully saturated rings. The van der Waals surface area contributed by atoms with Crippen molar-refractivity contribution in [2.45, 2.75) is 64.5 Å². The highest BCUT2D eigenvalue weighted by Gasteiger charge is 2.28. The first-order valence-electron chi connectivity index (χ1n) is 20.0. The number of halogens is 2. The fraction of sp³-hybridized carbons (Fsp3) is 0.378. The summed E-state index contributed by atoms with van der Waals surface area (Å²) in [4.78, 5) is 39.1. The fourth-order valence-electron chi connectivity index (χ4n) is 7.15. The number of amides is 2. The van der Waals surface area contributed by atoms with E-state index >= 15 is 0 Å². The van der Waals surface area contributed by atoms with Crippen LogP contribution in [0.25, 0.3) is 43.6 Å². The molecule has 2 amide bonds. The number of carbonyl (C=O) groups excluding carboxylic acids is 2. The van der Waals surface area contributed by atoms with Crippen molar-refractivity contribution in [1.29, 1.82) is 0 Å². The molecule has 0 radical (unpaired) electrons. The van der Waals surface area contributed by atoms with Crippen LogP contribution in [0.5, 0.6) is 11.5 Å². The van der Waals surface area contributed by atoms with Crippen molar-refractivity contribution in [3.8, 4) is 11.5 Å². The molecule has 312 valence electrons. The van der Waals surface area contributed by atoms with E-state index in [1.165, 1.54) is 0 Å². The van der Waals surface area contributed by atoms with Crippen LogP contribution in [-0.2, 0) is 9.53 Å². The van der Waals surface area contributed by atoms with Crippen LogP contribution in [0.4, 0.5) is 16.2 Å². The zero-order valence-corrected chi connectivity index (χ0v) is 35.8. The summed E-state index contributed by atoms with van der Waals surface area (Å²) >= 11 is 12.7. The van der Waals surface area contributed by atoms with Gasteiger partial charge in [0.2, 0.25) is 5.91 Å². The van der Waals surface area contributed by atoms with Crippen molar-refractivity contribution >= 4 is 90.2 Å². The number of methoxy groups -OCH3 is 2. The van der Waals surface area contributed by atoms with Crippen LogP contribution >= 0.6 is 23.2 Å². The summed E-state index contributed by atoms with van der Waals surface area (Å²) in [7, 11) is 3.28. The molecule has 1 unspecified atom stereocenters. The molecule has 0 saturated heterocycles. The molecule has 0 saturated carbocycles. The van der Waals surface area contributed by atoms with E-state index in [1.54, 1.807) is 35.0 Å². The number of aromatic nitrogens is 2. The quantitative estimate of drug-likeness (QED) is 0.0486. The van der Waals surface area contributed by atoms with Crippen LogP contribution in [0.1, 0.15) is 52.9 Å². The van der Waals surface area contributed by atoms with E-state index < -0.39 is 17.7 Å². The van der Waals surface area contributed by atoms with Gasteiger partial charge in [0, 0.05) is 57.8 Å².